The number of aliphatic hydroxyl groups is 3. The van der Waals surface area contributed by atoms with Gasteiger partial charge in [-0.1, -0.05) is 26.7 Å². The number of carboxylic acid groups (broad SMARTS) is 2. The molecule has 0 radical (unpaired) electrons. The summed E-state index contributed by atoms with van der Waals surface area (Å²) >= 11 is 5.68. The van der Waals surface area contributed by atoms with Gasteiger partial charge in [0.2, 0.25) is 70.6 Å². The topological polar surface area (TPSA) is 611 Å². The van der Waals surface area contributed by atoms with Crippen LogP contribution in [-0.2, 0) is 80.0 Å². The summed E-state index contributed by atoms with van der Waals surface area (Å²) in [4.78, 5) is 212. The SMILES string of the molecule is CC[C@H](C)[C@H](NC(=O)[C@@H](N)CS)C(=O)N[C@@H](CCC(=O)O)C(=O)N[C@H](C(=O)N[C@@H](CC(=O)O)C(=O)NCC(=O)N[C@@H](Cc1c[nH]cn1)C(=O)N[C@@H](CO)C(=O)N[C@@H](Cc1c[nH]cn1)C(=O)N[C@@H](CO)C(=O)N[C@@H](CCCCN)C(=O)C(=O)CCCC[C@@H]1SC[C@@H]2NC(=O)N[C@@H]21)[C@@H](C)O. The number of fused-ring (bicyclic) bond motifs is 1. The van der Waals surface area contributed by atoms with Gasteiger partial charge < -0.3 is 111 Å². The molecule has 2 aromatic rings. The molecule has 40 heteroatoms. The molecule has 0 aliphatic carbocycles. The highest BCUT2D eigenvalue weighted by Gasteiger charge is 2.43. The summed E-state index contributed by atoms with van der Waals surface area (Å²) in [6.07, 6.45) is 2.54. The molecule has 12 amide bonds. The van der Waals surface area contributed by atoms with Crippen LogP contribution >= 0.6 is 24.4 Å². The van der Waals surface area contributed by atoms with E-state index in [0.29, 0.717) is 38.5 Å². The molecule has 15 atom stereocenters. The fraction of sp³-hybridized carbons (Fsp3) is 0.638. The molecule has 0 unspecified atom stereocenters. The Morgan fingerprint density at radius 3 is 1.68 bits per heavy atom. The zero-order chi connectivity index (χ0) is 72.8. The quantitative estimate of drug-likeness (QED) is 0.0127. The van der Waals surface area contributed by atoms with Crippen LogP contribution in [0.1, 0.15) is 103 Å². The number of ketones is 2. The van der Waals surface area contributed by atoms with Gasteiger partial charge >= 0.3 is 18.0 Å². The van der Waals surface area contributed by atoms with Crippen molar-refractivity contribution >= 4 is 113 Å². The number of imidazole rings is 2. The van der Waals surface area contributed by atoms with E-state index < -0.39 is 207 Å². The number of Topliss-reactive ketones (excluding diaryl/α,β-unsaturated/α-hetero) is 2. The Labute approximate surface area is 571 Å². The minimum atomic E-state index is -2.05. The Morgan fingerprint density at radius 2 is 1.15 bits per heavy atom. The number of unbranched alkanes of at least 4 members (excludes halogenated alkanes) is 2. The van der Waals surface area contributed by atoms with Crippen LogP contribution in [0.2, 0.25) is 0 Å². The Bertz CT molecular complexity index is 3080. The van der Waals surface area contributed by atoms with E-state index in [1.165, 1.54) is 25.0 Å². The second kappa shape index (κ2) is 41.4. The Hall–Kier alpha value is -8.83. The van der Waals surface area contributed by atoms with Crippen molar-refractivity contribution in [3.05, 3.63) is 36.4 Å². The number of H-pyrrole nitrogens is 2. The van der Waals surface area contributed by atoms with Crippen molar-refractivity contribution in [1.29, 1.82) is 0 Å². The number of rotatable bonds is 46. The van der Waals surface area contributed by atoms with Crippen LogP contribution in [0.3, 0.4) is 0 Å². The smallest absolute Gasteiger partial charge is 0.315 e. The molecule has 0 bridgehead atoms. The molecule has 0 saturated carbocycles. The first-order chi connectivity index (χ1) is 46.5. The van der Waals surface area contributed by atoms with Crippen molar-refractivity contribution < 1.29 is 97.5 Å². The largest absolute Gasteiger partial charge is 0.481 e. The normalized spacial score (nSPS) is 18.3. The molecule has 2 fully saturated rings. The number of urea groups is 1. The van der Waals surface area contributed by atoms with Crippen molar-refractivity contribution in [2.75, 3.05) is 37.8 Å². The number of nitrogens with one attached hydrogen (secondary N) is 14. The second-order valence-corrected chi connectivity index (χ2v) is 25.1. The van der Waals surface area contributed by atoms with E-state index in [4.69, 9.17) is 11.5 Å². The zero-order valence-electron chi connectivity index (χ0n) is 54.2. The second-order valence-electron chi connectivity index (χ2n) is 23.5. The standard InChI is InChI=1S/C58H90N18O20S2/c1-4-27(2)45(74-49(87)31(60)23-97)56(94)68-33(12-13-43(82)83)51(89)75-46(28(3)79)57(95)70-36(17-44(84)85)50(88)63-20-42(81)66-34(15-29-18-61-25-64-29)52(90)71-38(22-78)55(93)69-35(16-30-19-62-26-65-30)53(91)72-37(21-77)54(92)67-32(9-7-8-14-59)48(86)40(80)10-5-6-11-41-47-39(24-98-41)73-58(96)76-47/h18-19,25-28,31-39,41,45-47,77-79,97H,4-17,20-24,59-60H2,1-3H3,(H,61,64)(H,62,65)(H,63,88)(H,66,81)(H,67,92)(H,68,94)(H,69,93)(H,70,95)(H,71,90)(H,72,91)(H,74,87)(H,75,89)(H,82,83)(H,84,85)(H2,73,76,96)/t27-,28+,31-,32-,33-,34-,35-,36-,37-,38-,39-,41-,45-,46-,47-/m0/s1. The summed E-state index contributed by atoms with van der Waals surface area (Å²) in [7, 11) is 0. The van der Waals surface area contributed by atoms with Crippen LogP contribution in [0.25, 0.3) is 0 Å². The maximum atomic E-state index is 14.0. The van der Waals surface area contributed by atoms with Crippen LogP contribution in [0.4, 0.5) is 4.79 Å². The number of amides is 12. The number of carbonyl (C=O) groups excluding carboxylic acids is 13. The number of carboxylic acids is 2. The summed E-state index contributed by atoms with van der Waals surface area (Å²) in [6, 6.07) is -16.9. The van der Waals surface area contributed by atoms with Crippen LogP contribution in [0.15, 0.2) is 25.0 Å². The molecule has 2 aromatic heterocycles. The minimum absolute atomic E-state index is 0.00949. The summed E-state index contributed by atoms with van der Waals surface area (Å²) < 4.78 is 0. The van der Waals surface area contributed by atoms with Gasteiger partial charge in [-0.2, -0.15) is 24.4 Å². The van der Waals surface area contributed by atoms with Gasteiger partial charge in [0.05, 0.1) is 80.5 Å². The summed E-state index contributed by atoms with van der Waals surface area (Å²) in [5, 5.41) is 79.4. The van der Waals surface area contributed by atoms with Crippen LogP contribution in [-0.4, -0.2) is 256 Å². The maximum Gasteiger partial charge on any atom is 0.315 e. The number of hydrogen-bond donors (Lipinski definition) is 22. The van der Waals surface area contributed by atoms with E-state index in [-0.39, 0.29) is 59.9 Å². The highest BCUT2D eigenvalue weighted by atomic mass is 32.2. The molecule has 2 saturated heterocycles. The predicted molar refractivity (Wildman–Crippen MR) is 348 cm³/mol. The van der Waals surface area contributed by atoms with Gasteiger partial charge in [-0.05, 0) is 57.9 Å². The number of aliphatic hydroxyl groups excluding tert-OH is 3. The number of aliphatic carboxylic acids is 2. The molecule has 0 aromatic carbocycles. The highest BCUT2D eigenvalue weighted by molar-refractivity contribution is 8.00. The highest BCUT2D eigenvalue weighted by Crippen LogP contribution is 2.33. The van der Waals surface area contributed by atoms with Crippen LogP contribution < -0.4 is 75.3 Å². The van der Waals surface area contributed by atoms with Crippen molar-refractivity contribution in [2.24, 2.45) is 17.4 Å². The Morgan fingerprint density at radius 1 is 0.622 bits per heavy atom. The number of thioether (sulfide) groups is 1. The van der Waals surface area contributed by atoms with E-state index in [2.05, 4.69) is 96.4 Å². The van der Waals surface area contributed by atoms with Gasteiger partial charge in [-0.25, -0.2) is 14.8 Å². The third-order valence-corrected chi connectivity index (χ3v) is 17.8. The molecule has 544 valence electrons. The van der Waals surface area contributed by atoms with E-state index >= 15 is 0 Å². The lowest BCUT2D eigenvalue weighted by Gasteiger charge is -2.29. The van der Waals surface area contributed by atoms with E-state index in [1.807, 2.05) is 0 Å². The molecular formula is C58H90N18O20S2. The first kappa shape index (κ1) is 81.6. The predicted octanol–water partition coefficient (Wildman–Crippen LogP) is -7.60. The summed E-state index contributed by atoms with van der Waals surface area (Å²) in [5.41, 5.74) is 11.8. The monoisotopic (exact) mass is 1420 g/mol. The number of aromatic amines is 2. The molecule has 38 nitrogen and oxygen atoms in total. The van der Waals surface area contributed by atoms with Crippen molar-refractivity contribution in [3.63, 3.8) is 0 Å². The first-order valence-corrected chi connectivity index (χ1v) is 33.3. The molecule has 0 spiro atoms. The molecule has 23 N–H and O–H groups in total. The van der Waals surface area contributed by atoms with E-state index in [9.17, 15) is 97.5 Å². The van der Waals surface area contributed by atoms with Crippen LogP contribution in [0.5, 0.6) is 0 Å². The number of nitrogens with two attached hydrogens (primary N) is 2. The summed E-state index contributed by atoms with van der Waals surface area (Å²) in [5.74, 6) is -16.0. The number of carbonyl (C=O) groups is 15. The van der Waals surface area contributed by atoms with Crippen molar-refractivity contribution in [1.82, 2.24) is 83.7 Å². The third kappa shape index (κ3) is 26.5. The fourth-order valence-corrected chi connectivity index (χ4v) is 11.9. The van der Waals surface area contributed by atoms with Gasteiger partial charge in [-0.15, -0.1) is 0 Å². The summed E-state index contributed by atoms with van der Waals surface area (Å²) in [6.45, 7) is 1.31. The Balaban J connectivity index is 1.43. The number of nitrogens with zero attached hydrogens (tertiary/aromatic N) is 2. The number of thiol groups is 1. The van der Waals surface area contributed by atoms with Gasteiger partial charge in [0.1, 0.15) is 48.3 Å². The van der Waals surface area contributed by atoms with Crippen LogP contribution in [0, 0.1) is 5.92 Å². The van der Waals surface area contributed by atoms with Gasteiger partial charge in [0, 0.05) is 54.8 Å². The van der Waals surface area contributed by atoms with Crippen molar-refractivity contribution in [2.45, 2.75) is 188 Å². The van der Waals surface area contributed by atoms with Gasteiger partial charge in [-0.3, -0.25) is 67.1 Å². The lowest BCUT2D eigenvalue weighted by atomic mass is 9.97. The third-order valence-electron chi connectivity index (χ3n) is 15.9. The molecule has 2 aliphatic heterocycles. The average Bonchev–Trinajstić information content (AvgIpc) is 1.64. The lowest BCUT2D eigenvalue weighted by Crippen LogP contribution is -2.62. The van der Waals surface area contributed by atoms with E-state index in [1.54, 1.807) is 25.6 Å². The van der Waals surface area contributed by atoms with Crippen molar-refractivity contribution in [3.8, 4) is 0 Å². The van der Waals surface area contributed by atoms with Gasteiger partial charge in [0.15, 0.2) is 0 Å². The fourth-order valence-electron chi connectivity index (χ4n) is 10.2. The van der Waals surface area contributed by atoms with E-state index in [0.717, 1.165) is 12.7 Å². The lowest BCUT2D eigenvalue weighted by molar-refractivity contribution is -0.142. The number of hydrogen-bond acceptors (Lipinski definition) is 24. The minimum Gasteiger partial charge on any atom is -0.481 e. The number of aromatic nitrogens is 4. The Kier molecular flexibility index (Phi) is 34.5. The maximum absolute atomic E-state index is 14.0. The zero-order valence-corrected chi connectivity index (χ0v) is 55.9. The molecule has 4 heterocycles. The molecule has 2 aliphatic rings. The van der Waals surface area contributed by atoms with Gasteiger partial charge in [0.25, 0.3) is 0 Å². The average molecular weight is 1420 g/mol. The molecule has 4 rings (SSSR count). The molecule has 98 heavy (non-hydrogen) atoms. The first-order valence-electron chi connectivity index (χ1n) is 31.7. The molecular weight excluding hydrogens is 1330 g/mol.